The Bertz CT molecular complexity index is 224. The summed E-state index contributed by atoms with van der Waals surface area (Å²) < 4.78 is 0.841. The predicted octanol–water partition coefficient (Wildman–Crippen LogP) is 4.60. The summed E-state index contributed by atoms with van der Waals surface area (Å²) in [6.07, 6.45) is 10.8. The van der Waals surface area contributed by atoms with Crippen LogP contribution in [-0.2, 0) is 0 Å². The van der Waals surface area contributed by atoms with Gasteiger partial charge in [-0.25, -0.2) is 4.99 Å². The van der Waals surface area contributed by atoms with Crippen LogP contribution in [0.4, 0.5) is 0 Å². The molecule has 0 fully saturated rings. The predicted molar refractivity (Wildman–Crippen MR) is 75.1 cm³/mol. The summed E-state index contributed by atoms with van der Waals surface area (Å²) >= 11 is 6.73. The molecule has 0 N–H and O–H groups in total. The van der Waals surface area contributed by atoms with Crippen LogP contribution in [0, 0.1) is 0 Å². The molecule has 0 aromatic carbocycles. The highest BCUT2D eigenvalue weighted by Gasteiger charge is 2.10. The molecule has 15 heavy (non-hydrogen) atoms. The fourth-order valence-electron chi connectivity index (χ4n) is 1.75. The fraction of sp³-hybridized carbons (Fsp3) is 0.833. The van der Waals surface area contributed by atoms with Crippen molar-refractivity contribution in [3.8, 4) is 0 Å². The molecule has 0 aliphatic carbocycles. The van der Waals surface area contributed by atoms with E-state index < -0.39 is 0 Å². The summed E-state index contributed by atoms with van der Waals surface area (Å²) in [4.78, 5) is 4.35. The van der Waals surface area contributed by atoms with Crippen LogP contribution in [0.1, 0.15) is 58.3 Å². The van der Waals surface area contributed by atoms with E-state index >= 15 is 0 Å². The van der Waals surface area contributed by atoms with Gasteiger partial charge in [-0.2, -0.15) is 0 Å². The third kappa shape index (κ3) is 6.31. The van der Waals surface area contributed by atoms with Crippen molar-refractivity contribution < 1.29 is 0 Å². The van der Waals surface area contributed by atoms with Gasteiger partial charge in [-0.15, -0.1) is 0 Å². The Kier molecular flexibility index (Phi) is 7.28. The zero-order chi connectivity index (χ0) is 10.9. The minimum Gasteiger partial charge on any atom is -0.238 e. The Labute approximate surface area is 103 Å². The van der Waals surface area contributed by atoms with E-state index in [-0.39, 0.29) is 0 Å². The third-order valence-electron chi connectivity index (χ3n) is 2.68. The van der Waals surface area contributed by atoms with Gasteiger partial charge in [-0.1, -0.05) is 69.4 Å². The lowest BCUT2D eigenvalue weighted by atomic mass is 10.1. The van der Waals surface area contributed by atoms with Gasteiger partial charge in [-0.3, -0.25) is 0 Å². The second-order valence-corrected chi connectivity index (χ2v) is 5.71. The normalized spacial score (nSPS) is 15.8. The van der Waals surface area contributed by atoms with E-state index in [1.54, 1.807) is 11.8 Å². The van der Waals surface area contributed by atoms with Crippen LogP contribution in [0.2, 0.25) is 0 Å². The van der Waals surface area contributed by atoms with Gasteiger partial charge in [0.25, 0.3) is 0 Å². The van der Waals surface area contributed by atoms with Crippen LogP contribution in [0.25, 0.3) is 0 Å². The molecular weight excluding hydrogens is 222 g/mol. The van der Waals surface area contributed by atoms with Crippen LogP contribution in [-0.4, -0.2) is 15.8 Å². The van der Waals surface area contributed by atoms with Gasteiger partial charge in [0.15, 0.2) is 4.32 Å². The number of hydrogen-bond acceptors (Lipinski definition) is 2. The quantitative estimate of drug-likeness (QED) is 0.456. The van der Waals surface area contributed by atoms with Gasteiger partial charge in [0, 0.05) is 11.5 Å². The second-order valence-electron chi connectivity index (χ2n) is 4.10. The minimum atomic E-state index is 0.841. The largest absolute Gasteiger partial charge is 0.238 e. The molecule has 1 aliphatic heterocycles. The number of hydrogen-bond donors (Lipinski definition) is 0. The molecular formula is C12H21NS2. The Balaban J connectivity index is 1.89. The lowest BCUT2D eigenvalue weighted by Crippen LogP contribution is -1.96. The average molecular weight is 243 g/mol. The lowest BCUT2D eigenvalue weighted by molar-refractivity contribution is 0.595. The molecule has 0 bridgehead atoms. The van der Waals surface area contributed by atoms with Crippen molar-refractivity contribution in [2.45, 2.75) is 58.3 Å². The molecule has 0 unspecified atom stereocenters. The number of thiocarbonyl (C=S) groups is 1. The maximum atomic E-state index is 5.02. The molecule has 0 amide bonds. The van der Waals surface area contributed by atoms with E-state index in [1.807, 2.05) is 0 Å². The fourth-order valence-corrected chi connectivity index (χ4v) is 2.75. The van der Waals surface area contributed by atoms with Crippen molar-refractivity contribution in [1.29, 1.82) is 0 Å². The van der Waals surface area contributed by atoms with Crippen molar-refractivity contribution in [3.05, 3.63) is 0 Å². The molecule has 1 heterocycles. The van der Waals surface area contributed by atoms with Crippen molar-refractivity contribution in [1.82, 2.24) is 0 Å². The van der Waals surface area contributed by atoms with Gasteiger partial charge in [0.1, 0.15) is 0 Å². The highest BCUT2D eigenvalue weighted by Crippen LogP contribution is 2.18. The molecule has 1 aliphatic rings. The van der Waals surface area contributed by atoms with Crippen molar-refractivity contribution in [3.63, 3.8) is 0 Å². The van der Waals surface area contributed by atoms with E-state index in [1.165, 1.54) is 57.1 Å². The van der Waals surface area contributed by atoms with Crippen LogP contribution < -0.4 is 0 Å². The van der Waals surface area contributed by atoms with E-state index in [2.05, 4.69) is 11.9 Å². The molecule has 1 nitrogen and oxygen atoms in total. The molecule has 0 aromatic heterocycles. The topological polar surface area (TPSA) is 12.4 Å². The Morgan fingerprint density at radius 2 is 1.80 bits per heavy atom. The number of nitrogens with zero attached hydrogens (tertiary/aromatic N) is 1. The number of aliphatic imine (C=N–C) groups is 1. The molecule has 0 aromatic rings. The van der Waals surface area contributed by atoms with Gasteiger partial charge in [0.05, 0.1) is 0 Å². The summed E-state index contributed by atoms with van der Waals surface area (Å²) in [5.41, 5.74) is 1.32. The lowest BCUT2D eigenvalue weighted by Gasteiger charge is -2.00. The first-order chi connectivity index (χ1) is 7.33. The molecule has 0 spiro atoms. The number of rotatable bonds is 8. The van der Waals surface area contributed by atoms with E-state index in [9.17, 15) is 0 Å². The van der Waals surface area contributed by atoms with Gasteiger partial charge >= 0.3 is 0 Å². The summed E-state index contributed by atoms with van der Waals surface area (Å²) in [7, 11) is 0. The number of unbranched alkanes of at least 4 members (excludes halogenated alkanes) is 6. The minimum absolute atomic E-state index is 0.841. The molecule has 0 saturated carbocycles. The van der Waals surface area contributed by atoms with Crippen LogP contribution >= 0.6 is 24.0 Å². The zero-order valence-corrected chi connectivity index (χ0v) is 11.3. The van der Waals surface area contributed by atoms with Crippen LogP contribution in [0.3, 0.4) is 0 Å². The van der Waals surface area contributed by atoms with E-state index in [4.69, 9.17) is 12.2 Å². The second kappa shape index (κ2) is 8.28. The highest BCUT2D eigenvalue weighted by atomic mass is 32.2. The Hall–Kier alpha value is 0.110. The molecule has 0 atom stereocenters. The summed E-state index contributed by atoms with van der Waals surface area (Å²) in [5.74, 6) is 1.05. The average Bonchev–Trinajstić information content (AvgIpc) is 2.63. The van der Waals surface area contributed by atoms with E-state index in [0.717, 1.165) is 10.1 Å². The molecule has 0 radical (unpaired) electrons. The van der Waals surface area contributed by atoms with E-state index in [0.29, 0.717) is 0 Å². The summed E-state index contributed by atoms with van der Waals surface area (Å²) in [6.45, 7) is 2.26. The SMILES string of the molecule is CCCCCCCCCC1=NC(=S)SC1. The first-order valence-corrected chi connectivity index (χ1v) is 7.45. The molecule has 86 valence electrons. The summed E-state index contributed by atoms with van der Waals surface area (Å²) in [6, 6.07) is 0. The van der Waals surface area contributed by atoms with Gasteiger partial charge < -0.3 is 0 Å². The molecule has 1 rings (SSSR count). The first-order valence-electron chi connectivity index (χ1n) is 6.06. The van der Waals surface area contributed by atoms with Gasteiger partial charge in [-0.05, 0) is 12.8 Å². The zero-order valence-electron chi connectivity index (χ0n) is 9.63. The Morgan fingerprint density at radius 3 is 2.40 bits per heavy atom. The molecule has 0 saturated heterocycles. The van der Waals surface area contributed by atoms with Crippen LogP contribution in [0.5, 0.6) is 0 Å². The first kappa shape index (κ1) is 13.2. The van der Waals surface area contributed by atoms with Gasteiger partial charge in [0.2, 0.25) is 0 Å². The van der Waals surface area contributed by atoms with Crippen molar-refractivity contribution in [2.24, 2.45) is 4.99 Å². The van der Waals surface area contributed by atoms with Crippen molar-refractivity contribution in [2.75, 3.05) is 5.75 Å². The smallest absolute Gasteiger partial charge is 0.160 e. The maximum Gasteiger partial charge on any atom is 0.160 e. The Morgan fingerprint density at radius 1 is 1.13 bits per heavy atom. The third-order valence-corrected chi connectivity index (χ3v) is 3.94. The van der Waals surface area contributed by atoms with Crippen LogP contribution in [0.15, 0.2) is 4.99 Å². The summed E-state index contributed by atoms with van der Waals surface area (Å²) in [5, 5.41) is 0. The maximum absolute atomic E-state index is 5.02. The molecule has 3 heteroatoms. The standard InChI is InChI=1S/C12H21NS2/c1-2-3-4-5-6-7-8-9-11-10-15-12(14)13-11/h2-10H2,1H3. The van der Waals surface area contributed by atoms with Crippen molar-refractivity contribution >= 4 is 34.0 Å². The highest BCUT2D eigenvalue weighted by molar-refractivity contribution is 8.23. The number of thioether (sulfide) groups is 1. The monoisotopic (exact) mass is 243 g/mol.